The summed E-state index contributed by atoms with van der Waals surface area (Å²) in [5.41, 5.74) is 1.46. The Morgan fingerprint density at radius 1 is 1.08 bits per heavy atom. The number of esters is 1. The molecule has 2 aromatic rings. The van der Waals surface area contributed by atoms with Crippen molar-refractivity contribution >= 4 is 21.7 Å². The highest BCUT2D eigenvalue weighted by molar-refractivity contribution is 7.93. The summed E-state index contributed by atoms with van der Waals surface area (Å²) in [6, 6.07) is 10.6. The lowest BCUT2D eigenvalue weighted by Gasteiger charge is -2.36. The molecule has 3 rings (SSSR count). The van der Waals surface area contributed by atoms with Gasteiger partial charge in [0.15, 0.2) is 14.6 Å². The van der Waals surface area contributed by atoms with Gasteiger partial charge in [0.1, 0.15) is 5.60 Å². The molecule has 0 spiro atoms. The number of ether oxygens (including phenoxy) is 2. The van der Waals surface area contributed by atoms with Crippen LogP contribution in [0.4, 0.5) is 0 Å². The van der Waals surface area contributed by atoms with Crippen LogP contribution in [0.1, 0.15) is 53.0 Å². The Bertz CT molecular complexity index is 1190. The minimum Gasteiger partial charge on any atom is -0.459 e. The molecule has 1 fully saturated rings. The van der Waals surface area contributed by atoms with Crippen molar-refractivity contribution in [2.75, 3.05) is 26.8 Å². The lowest BCUT2D eigenvalue weighted by atomic mass is 9.99. The molecule has 1 saturated heterocycles. The first kappa shape index (κ1) is 28.8. The molecule has 0 saturated carbocycles. The molecule has 0 N–H and O–H groups in total. The molecule has 202 valence electrons. The smallest absolute Gasteiger partial charge is 0.328 e. The van der Waals surface area contributed by atoms with E-state index in [1.807, 2.05) is 31.3 Å². The largest absolute Gasteiger partial charge is 0.459 e. The van der Waals surface area contributed by atoms with Crippen molar-refractivity contribution in [3.05, 3.63) is 48.2 Å². The Morgan fingerprint density at radius 2 is 1.70 bits per heavy atom. The number of sulfone groups is 1. The summed E-state index contributed by atoms with van der Waals surface area (Å²) < 4.78 is 36.6. The Morgan fingerprint density at radius 3 is 2.22 bits per heavy atom. The molecule has 0 aliphatic carbocycles. The second-order valence-corrected chi connectivity index (χ2v) is 13.3. The minimum atomic E-state index is -4.09. The van der Waals surface area contributed by atoms with E-state index in [4.69, 9.17) is 9.47 Å². The lowest BCUT2D eigenvalue weighted by Crippen LogP contribution is -2.53. The van der Waals surface area contributed by atoms with Crippen LogP contribution in [0.3, 0.4) is 0 Å². The normalized spacial score (nSPS) is 15.9. The summed E-state index contributed by atoms with van der Waals surface area (Å²) in [6.07, 6.45) is 1.66. The summed E-state index contributed by atoms with van der Waals surface area (Å²) in [5, 5.41) is 0. The van der Waals surface area contributed by atoms with Crippen LogP contribution < -0.4 is 0 Å². The molecule has 1 aromatic heterocycles. The molecular weight excluding hydrogens is 492 g/mol. The fourth-order valence-corrected chi connectivity index (χ4v) is 6.20. The van der Waals surface area contributed by atoms with Gasteiger partial charge in [0.25, 0.3) is 0 Å². The fourth-order valence-electron chi connectivity index (χ4n) is 4.34. The third kappa shape index (κ3) is 6.76. The van der Waals surface area contributed by atoms with Gasteiger partial charge >= 0.3 is 5.97 Å². The number of hydrogen-bond donors (Lipinski definition) is 0. The van der Waals surface area contributed by atoms with Crippen LogP contribution in [0.15, 0.2) is 47.5 Å². The highest BCUT2D eigenvalue weighted by atomic mass is 32.2. The molecule has 1 aliphatic heterocycles. The highest BCUT2D eigenvalue weighted by Crippen LogP contribution is 2.37. The summed E-state index contributed by atoms with van der Waals surface area (Å²) >= 11 is 0. The number of pyridine rings is 1. The molecule has 9 heteroatoms. The molecule has 1 amide bonds. The van der Waals surface area contributed by atoms with Crippen molar-refractivity contribution in [1.29, 1.82) is 0 Å². The van der Waals surface area contributed by atoms with Crippen molar-refractivity contribution in [1.82, 2.24) is 9.88 Å². The Labute approximate surface area is 220 Å². The number of nitrogens with zero attached hydrogens (tertiary/aromatic N) is 2. The third-order valence-electron chi connectivity index (χ3n) is 6.30. The van der Waals surface area contributed by atoms with Crippen molar-refractivity contribution in [3.63, 3.8) is 0 Å². The van der Waals surface area contributed by atoms with E-state index in [-0.39, 0.29) is 36.9 Å². The van der Waals surface area contributed by atoms with Crippen molar-refractivity contribution < 1.29 is 27.5 Å². The van der Waals surface area contributed by atoms with Gasteiger partial charge in [0, 0.05) is 51.4 Å². The van der Waals surface area contributed by atoms with Gasteiger partial charge in [-0.15, -0.1) is 0 Å². The summed E-state index contributed by atoms with van der Waals surface area (Å²) in [5.74, 6) is -0.294. The number of rotatable bonds is 8. The number of aromatic nitrogens is 1. The standard InChI is InChI=1S/C28H38N2O6S/c1-20(2)19-30(6)25(31)17-21-7-9-22(10-8-21)24-12-11-23(18-29-24)37(33,34)28(13-15-35-16-14-28)26(32)36-27(3,4)5/h7-12,18,20H,13-17,19H2,1-6H3. The zero-order valence-corrected chi connectivity index (χ0v) is 23.4. The average Bonchev–Trinajstić information content (AvgIpc) is 2.83. The van der Waals surface area contributed by atoms with E-state index in [1.54, 1.807) is 31.7 Å². The first-order chi connectivity index (χ1) is 17.2. The first-order valence-electron chi connectivity index (χ1n) is 12.6. The molecule has 8 nitrogen and oxygen atoms in total. The predicted octanol–water partition coefficient (Wildman–Crippen LogP) is 4.07. The van der Waals surface area contributed by atoms with E-state index in [0.717, 1.165) is 11.1 Å². The summed E-state index contributed by atoms with van der Waals surface area (Å²) in [4.78, 5) is 31.7. The molecule has 1 aromatic carbocycles. The van der Waals surface area contributed by atoms with Crippen molar-refractivity contribution in [3.8, 4) is 11.3 Å². The maximum atomic E-state index is 13.7. The highest BCUT2D eigenvalue weighted by Gasteiger charge is 2.54. The Kier molecular flexibility index (Phi) is 8.80. The quantitative estimate of drug-likeness (QED) is 0.474. The monoisotopic (exact) mass is 530 g/mol. The number of hydrogen-bond acceptors (Lipinski definition) is 7. The van der Waals surface area contributed by atoms with Crippen LogP contribution in [-0.4, -0.2) is 67.3 Å². The van der Waals surface area contributed by atoms with E-state index in [0.29, 0.717) is 24.6 Å². The van der Waals surface area contributed by atoms with Crippen LogP contribution >= 0.6 is 0 Å². The number of carbonyl (C=O) groups excluding carboxylic acids is 2. The van der Waals surface area contributed by atoms with Gasteiger partial charge in [-0.25, -0.2) is 8.42 Å². The second-order valence-electron chi connectivity index (χ2n) is 11.0. The molecule has 0 radical (unpaired) electrons. The van der Waals surface area contributed by atoms with Crippen molar-refractivity contribution in [2.24, 2.45) is 5.92 Å². The van der Waals surface area contributed by atoms with Gasteiger partial charge in [-0.1, -0.05) is 38.1 Å². The Balaban J connectivity index is 1.80. The molecule has 37 heavy (non-hydrogen) atoms. The van der Waals surface area contributed by atoms with Crippen LogP contribution in [-0.2, 0) is 35.3 Å². The van der Waals surface area contributed by atoms with E-state index >= 15 is 0 Å². The van der Waals surface area contributed by atoms with Gasteiger partial charge < -0.3 is 14.4 Å². The van der Waals surface area contributed by atoms with Crippen LogP contribution in [0, 0.1) is 5.92 Å². The summed E-state index contributed by atoms with van der Waals surface area (Å²) in [7, 11) is -2.28. The SMILES string of the molecule is CC(C)CN(C)C(=O)Cc1ccc(-c2ccc(S(=O)(=O)C3(C(=O)OC(C)(C)C)CCOCC3)cn2)cc1. The van der Waals surface area contributed by atoms with E-state index in [1.165, 1.54) is 12.3 Å². The second kappa shape index (κ2) is 11.3. The van der Waals surface area contributed by atoms with Gasteiger partial charge in [0.2, 0.25) is 5.91 Å². The zero-order chi connectivity index (χ0) is 27.4. The van der Waals surface area contributed by atoms with Crippen LogP contribution in [0.5, 0.6) is 0 Å². The van der Waals surface area contributed by atoms with Gasteiger partial charge in [0.05, 0.1) is 17.0 Å². The van der Waals surface area contributed by atoms with E-state index in [9.17, 15) is 18.0 Å². The Hall–Kier alpha value is -2.78. The van der Waals surface area contributed by atoms with Crippen molar-refractivity contribution in [2.45, 2.75) is 69.1 Å². The molecule has 2 heterocycles. The summed E-state index contributed by atoms with van der Waals surface area (Å²) in [6.45, 7) is 10.3. The van der Waals surface area contributed by atoms with Gasteiger partial charge in [-0.2, -0.15) is 0 Å². The van der Waals surface area contributed by atoms with Crippen LogP contribution in [0.25, 0.3) is 11.3 Å². The predicted molar refractivity (Wildman–Crippen MR) is 142 cm³/mol. The molecule has 0 atom stereocenters. The van der Waals surface area contributed by atoms with E-state index < -0.39 is 26.2 Å². The molecule has 0 unspecified atom stereocenters. The number of amides is 1. The first-order valence-corrected chi connectivity index (χ1v) is 14.1. The number of likely N-dealkylation sites (N-methyl/N-ethyl adjacent to an activating group) is 1. The van der Waals surface area contributed by atoms with Gasteiger partial charge in [-0.3, -0.25) is 14.6 Å². The third-order valence-corrected chi connectivity index (χ3v) is 8.77. The maximum absolute atomic E-state index is 13.7. The molecule has 0 bridgehead atoms. The van der Waals surface area contributed by atoms with Gasteiger partial charge in [-0.05, 0) is 44.4 Å². The maximum Gasteiger partial charge on any atom is 0.328 e. The fraction of sp³-hybridized carbons (Fsp3) is 0.536. The molecule has 1 aliphatic rings. The number of carbonyl (C=O) groups is 2. The number of benzene rings is 1. The topological polar surface area (TPSA) is 103 Å². The molecular formula is C28H38N2O6S. The zero-order valence-electron chi connectivity index (χ0n) is 22.6. The lowest BCUT2D eigenvalue weighted by molar-refractivity contribution is -0.160. The van der Waals surface area contributed by atoms with E-state index in [2.05, 4.69) is 18.8 Å². The minimum absolute atomic E-state index is 0.0263. The average molecular weight is 531 g/mol. The van der Waals surface area contributed by atoms with Crippen LogP contribution in [0.2, 0.25) is 0 Å².